The van der Waals surface area contributed by atoms with Gasteiger partial charge in [-0.3, -0.25) is 9.88 Å². The summed E-state index contributed by atoms with van der Waals surface area (Å²) in [7, 11) is 0. The Hall–Kier alpha value is -2.31. The minimum atomic E-state index is -0.739. The average Bonchev–Trinajstić information content (AvgIpc) is 2.99. The molecule has 1 N–H and O–H groups in total. The van der Waals surface area contributed by atoms with Gasteiger partial charge in [0.05, 0.1) is 16.7 Å². The number of benzene rings is 1. The standard InChI is InChI=1S/C19H15ClF2N4/c20-15-5-4-14-18(25-15)19-17(16-11(22)2-1-3-12(16)24-19)13(23-14)6-7-26-8-10(21)9-26/h1-5,10,24H,6-9H2. The van der Waals surface area contributed by atoms with Gasteiger partial charge in [0.1, 0.15) is 22.7 Å². The Morgan fingerprint density at radius 1 is 1.15 bits per heavy atom. The summed E-state index contributed by atoms with van der Waals surface area (Å²) < 4.78 is 27.7. The van der Waals surface area contributed by atoms with Crippen LogP contribution in [0.5, 0.6) is 0 Å². The third kappa shape index (κ3) is 2.44. The van der Waals surface area contributed by atoms with Crippen LogP contribution in [0.25, 0.3) is 32.8 Å². The van der Waals surface area contributed by atoms with Crippen molar-refractivity contribution in [3.05, 3.63) is 47.0 Å². The molecule has 0 spiro atoms. The van der Waals surface area contributed by atoms with E-state index in [9.17, 15) is 8.78 Å². The highest BCUT2D eigenvalue weighted by Gasteiger charge is 2.26. The predicted octanol–water partition coefficient (Wildman–Crippen LogP) is 4.25. The number of nitrogens with zero attached hydrogens (tertiary/aromatic N) is 3. The monoisotopic (exact) mass is 372 g/mol. The van der Waals surface area contributed by atoms with Gasteiger partial charge in [0.15, 0.2) is 0 Å². The zero-order valence-corrected chi connectivity index (χ0v) is 14.5. The number of H-pyrrole nitrogens is 1. The van der Waals surface area contributed by atoms with Crippen molar-refractivity contribution >= 4 is 44.4 Å². The topological polar surface area (TPSA) is 44.8 Å². The zero-order valence-electron chi connectivity index (χ0n) is 13.8. The Morgan fingerprint density at radius 3 is 2.81 bits per heavy atom. The van der Waals surface area contributed by atoms with E-state index in [1.165, 1.54) is 6.07 Å². The molecule has 5 rings (SSSR count). The van der Waals surface area contributed by atoms with E-state index in [1.807, 2.05) is 17.0 Å². The van der Waals surface area contributed by atoms with Gasteiger partial charge in [-0.1, -0.05) is 17.7 Å². The molecule has 26 heavy (non-hydrogen) atoms. The van der Waals surface area contributed by atoms with Crippen LogP contribution in [0.4, 0.5) is 8.78 Å². The van der Waals surface area contributed by atoms with Gasteiger partial charge in [0.2, 0.25) is 0 Å². The van der Waals surface area contributed by atoms with Crippen LogP contribution in [0.2, 0.25) is 5.15 Å². The van der Waals surface area contributed by atoms with Gasteiger partial charge < -0.3 is 4.98 Å². The van der Waals surface area contributed by atoms with E-state index in [2.05, 4.69) is 9.97 Å². The molecule has 4 nitrogen and oxygen atoms in total. The Labute approximate surface area is 152 Å². The molecule has 4 aromatic rings. The third-order valence-electron chi connectivity index (χ3n) is 4.97. The molecule has 0 saturated carbocycles. The lowest BCUT2D eigenvalue weighted by atomic mass is 10.1. The summed E-state index contributed by atoms with van der Waals surface area (Å²) in [5.74, 6) is -0.300. The van der Waals surface area contributed by atoms with Crippen LogP contribution in [0.15, 0.2) is 30.3 Å². The second-order valence-electron chi connectivity index (χ2n) is 6.70. The van der Waals surface area contributed by atoms with E-state index in [4.69, 9.17) is 16.6 Å². The minimum absolute atomic E-state index is 0.300. The molecular formula is C19H15ClF2N4. The van der Waals surface area contributed by atoms with E-state index in [0.29, 0.717) is 53.1 Å². The summed E-state index contributed by atoms with van der Waals surface area (Å²) in [6, 6.07) is 8.46. The molecule has 0 radical (unpaired) electrons. The van der Waals surface area contributed by atoms with Gasteiger partial charge in [0, 0.05) is 42.3 Å². The third-order valence-corrected chi connectivity index (χ3v) is 5.18. The number of fused-ring (bicyclic) bond motifs is 5. The van der Waals surface area contributed by atoms with Gasteiger partial charge in [-0.2, -0.15) is 0 Å². The quantitative estimate of drug-likeness (QED) is 0.547. The first-order valence-electron chi connectivity index (χ1n) is 8.51. The van der Waals surface area contributed by atoms with Crippen molar-refractivity contribution in [2.75, 3.05) is 19.6 Å². The Morgan fingerprint density at radius 2 is 2.00 bits per heavy atom. The van der Waals surface area contributed by atoms with Crippen molar-refractivity contribution in [1.82, 2.24) is 19.9 Å². The minimum Gasteiger partial charge on any atom is -0.353 e. The van der Waals surface area contributed by atoms with Crippen molar-refractivity contribution < 1.29 is 8.78 Å². The number of alkyl halides is 1. The lowest BCUT2D eigenvalue weighted by molar-refractivity contribution is 0.0669. The molecule has 0 atom stereocenters. The Balaban J connectivity index is 1.75. The highest BCUT2D eigenvalue weighted by atomic mass is 35.5. The van der Waals surface area contributed by atoms with E-state index >= 15 is 0 Å². The van der Waals surface area contributed by atoms with Gasteiger partial charge in [-0.15, -0.1) is 0 Å². The fraction of sp³-hybridized carbons (Fsp3) is 0.263. The summed E-state index contributed by atoms with van der Waals surface area (Å²) >= 11 is 6.06. The number of aromatic amines is 1. The highest BCUT2D eigenvalue weighted by Crippen LogP contribution is 2.34. The number of nitrogens with one attached hydrogen (secondary N) is 1. The molecule has 0 amide bonds. The normalized spacial score (nSPS) is 16.0. The number of rotatable bonds is 3. The van der Waals surface area contributed by atoms with E-state index in [-0.39, 0.29) is 5.82 Å². The van der Waals surface area contributed by atoms with Crippen molar-refractivity contribution in [3.8, 4) is 0 Å². The van der Waals surface area contributed by atoms with Crippen LogP contribution in [0.1, 0.15) is 5.69 Å². The van der Waals surface area contributed by atoms with Crippen molar-refractivity contribution in [3.63, 3.8) is 0 Å². The smallest absolute Gasteiger partial charge is 0.133 e. The first kappa shape index (κ1) is 15.9. The van der Waals surface area contributed by atoms with Gasteiger partial charge in [0.25, 0.3) is 0 Å². The van der Waals surface area contributed by atoms with Gasteiger partial charge >= 0.3 is 0 Å². The maximum Gasteiger partial charge on any atom is 0.133 e. The van der Waals surface area contributed by atoms with Gasteiger partial charge in [-0.05, 0) is 24.3 Å². The van der Waals surface area contributed by atoms with E-state index in [0.717, 1.165) is 16.6 Å². The predicted molar refractivity (Wildman–Crippen MR) is 98.9 cm³/mol. The van der Waals surface area contributed by atoms with E-state index < -0.39 is 6.17 Å². The second kappa shape index (κ2) is 5.86. The lowest BCUT2D eigenvalue weighted by Gasteiger charge is -2.34. The number of halogens is 3. The maximum atomic E-state index is 14.6. The molecule has 1 saturated heterocycles. The van der Waals surface area contributed by atoms with Crippen LogP contribution in [-0.2, 0) is 6.42 Å². The number of hydrogen-bond acceptors (Lipinski definition) is 3. The first-order chi connectivity index (χ1) is 12.6. The number of likely N-dealkylation sites (tertiary alicyclic amines) is 1. The van der Waals surface area contributed by atoms with Crippen LogP contribution in [-0.4, -0.2) is 45.7 Å². The Kier molecular flexibility index (Phi) is 3.58. The SMILES string of the molecule is Fc1cccc2[nH]c3c4nc(Cl)ccc4nc(CCN4CC(F)C4)c3c12. The van der Waals surface area contributed by atoms with Crippen LogP contribution < -0.4 is 0 Å². The fourth-order valence-electron chi connectivity index (χ4n) is 3.71. The van der Waals surface area contributed by atoms with Crippen LogP contribution >= 0.6 is 11.6 Å². The molecule has 7 heteroatoms. The number of pyridine rings is 2. The fourth-order valence-corrected chi connectivity index (χ4v) is 3.86. The largest absolute Gasteiger partial charge is 0.353 e. The molecule has 1 aliphatic heterocycles. The van der Waals surface area contributed by atoms with E-state index in [1.54, 1.807) is 12.1 Å². The van der Waals surface area contributed by atoms with Crippen LogP contribution in [0, 0.1) is 5.82 Å². The van der Waals surface area contributed by atoms with Gasteiger partial charge in [-0.25, -0.2) is 13.8 Å². The average molecular weight is 373 g/mol. The molecule has 4 heterocycles. The summed E-state index contributed by atoms with van der Waals surface area (Å²) in [6.07, 6.45) is -0.125. The lowest BCUT2D eigenvalue weighted by Crippen LogP contribution is -2.48. The summed E-state index contributed by atoms with van der Waals surface area (Å²) in [6.45, 7) is 1.60. The number of hydrogen-bond donors (Lipinski definition) is 1. The molecule has 3 aromatic heterocycles. The molecule has 1 aromatic carbocycles. The first-order valence-corrected chi connectivity index (χ1v) is 8.89. The van der Waals surface area contributed by atoms with Crippen LogP contribution in [0.3, 0.4) is 0 Å². The molecule has 132 valence electrons. The molecule has 1 fully saturated rings. The summed E-state index contributed by atoms with van der Waals surface area (Å²) in [4.78, 5) is 14.4. The molecule has 1 aliphatic rings. The number of aromatic nitrogens is 3. The molecule has 0 unspecified atom stereocenters. The summed E-state index contributed by atoms with van der Waals surface area (Å²) in [5, 5.41) is 1.61. The second-order valence-corrected chi connectivity index (χ2v) is 7.09. The molecular weight excluding hydrogens is 358 g/mol. The summed E-state index contributed by atoms with van der Waals surface area (Å²) in [5.41, 5.74) is 3.55. The molecule has 0 aliphatic carbocycles. The van der Waals surface area contributed by atoms with Crippen molar-refractivity contribution in [2.24, 2.45) is 0 Å². The Bertz CT molecular complexity index is 1150. The maximum absolute atomic E-state index is 14.6. The zero-order chi connectivity index (χ0) is 17.8. The van der Waals surface area contributed by atoms with Crippen molar-refractivity contribution in [1.29, 1.82) is 0 Å². The van der Waals surface area contributed by atoms with Crippen molar-refractivity contribution in [2.45, 2.75) is 12.6 Å². The molecule has 0 bridgehead atoms. The highest BCUT2D eigenvalue weighted by molar-refractivity contribution is 6.30.